The van der Waals surface area contributed by atoms with E-state index in [-0.39, 0.29) is 5.91 Å². The molecule has 8 heteroatoms. The number of thioether (sulfide) groups is 1. The lowest BCUT2D eigenvalue weighted by Crippen LogP contribution is -2.70. The molecule has 3 aliphatic heterocycles. The number of carbonyl (C=O) groups is 1. The molecule has 1 amide bonds. The topological polar surface area (TPSA) is 74.5 Å². The molecule has 0 saturated carbocycles. The summed E-state index contributed by atoms with van der Waals surface area (Å²) in [5.41, 5.74) is 0. The van der Waals surface area contributed by atoms with Crippen molar-refractivity contribution in [3.05, 3.63) is 36.4 Å². The van der Waals surface area contributed by atoms with Crippen LogP contribution >= 0.6 is 11.8 Å². The van der Waals surface area contributed by atoms with Gasteiger partial charge in [0, 0.05) is 31.4 Å². The molecule has 3 fully saturated rings. The number of amides is 1. The molecule has 25 heavy (non-hydrogen) atoms. The Bertz CT molecular complexity index is 726. The Labute approximate surface area is 150 Å². The van der Waals surface area contributed by atoms with Crippen LogP contribution in [-0.4, -0.2) is 58.7 Å². The van der Waals surface area contributed by atoms with Gasteiger partial charge in [-0.05, 0) is 30.9 Å². The summed E-state index contributed by atoms with van der Waals surface area (Å²) >= 11 is 1.55. The maximum absolute atomic E-state index is 12.2. The van der Waals surface area contributed by atoms with Crippen molar-refractivity contribution in [1.82, 2.24) is 20.2 Å². The number of hydrogen-bond donors (Lipinski definition) is 1. The predicted octanol–water partition coefficient (Wildman–Crippen LogP) is 1.37. The lowest BCUT2D eigenvalue weighted by Gasteiger charge is -2.56. The number of piperazine rings is 1. The number of nitrogens with zero attached hydrogens (tertiary/aromatic N) is 4. The molecule has 5 heterocycles. The smallest absolute Gasteiger partial charge is 0.234 e. The Morgan fingerprint density at radius 2 is 2.24 bits per heavy atom. The Morgan fingerprint density at radius 3 is 2.96 bits per heavy atom. The molecule has 2 aromatic heterocycles. The highest BCUT2D eigenvalue weighted by molar-refractivity contribution is 7.98. The van der Waals surface area contributed by atoms with Crippen molar-refractivity contribution in [2.45, 2.75) is 30.2 Å². The molecule has 2 bridgehead atoms. The number of piperidine rings is 1. The van der Waals surface area contributed by atoms with Crippen molar-refractivity contribution in [1.29, 1.82) is 0 Å². The number of hydrogen-bond acceptors (Lipinski definition) is 7. The monoisotopic (exact) mass is 359 g/mol. The van der Waals surface area contributed by atoms with Crippen LogP contribution in [0.25, 0.3) is 0 Å². The minimum atomic E-state index is 0.0475. The van der Waals surface area contributed by atoms with Gasteiger partial charge >= 0.3 is 0 Å². The summed E-state index contributed by atoms with van der Waals surface area (Å²) in [4.78, 5) is 25.6. The van der Waals surface area contributed by atoms with Gasteiger partial charge < -0.3 is 14.6 Å². The molecule has 5 rings (SSSR count). The van der Waals surface area contributed by atoms with E-state index in [1.165, 1.54) is 0 Å². The molecule has 2 unspecified atom stereocenters. The SMILES string of the molecule is CSc1nccc(N2CC3CC(C2)N3CC(=O)NCc2ccco2)n1. The molecule has 0 spiro atoms. The third-order valence-electron chi connectivity index (χ3n) is 4.84. The molecule has 132 valence electrons. The Morgan fingerprint density at radius 1 is 1.40 bits per heavy atom. The summed E-state index contributed by atoms with van der Waals surface area (Å²) in [6.45, 7) is 2.71. The van der Waals surface area contributed by atoms with Gasteiger partial charge in [0.1, 0.15) is 11.6 Å². The third-order valence-corrected chi connectivity index (χ3v) is 5.40. The van der Waals surface area contributed by atoms with Gasteiger partial charge in [0.2, 0.25) is 5.91 Å². The van der Waals surface area contributed by atoms with E-state index in [4.69, 9.17) is 4.42 Å². The second-order valence-corrected chi connectivity index (χ2v) is 7.15. The highest BCUT2D eigenvalue weighted by atomic mass is 32.2. The third kappa shape index (κ3) is 3.50. The minimum Gasteiger partial charge on any atom is -0.467 e. The second kappa shape index (κ2) is 7.05. The lowest BCUT2D eigenvalue weighted by molar-refractivity contribution is -0.127. The minimum absolute atomic E-state index is 0.0475. The van der Waals surface area contributed by atoms with Crippen molar-refractivity contribution in [3.63, 3.8) is 0 Å². The standard InChI is InChI=1S/C17H21N5O2S/c1-25-17-18-5-4-15(20-17)21-9-12-7-13(10-21)22(12)11-16(23)19-8-14-3-2-6-24-14/h2-6,12-13H,7-11H2,1H3,(H,19,23). The second-order valence-electron chi connectivity index (χ2n) is 6.38. The number of aromatic nitrogens is 2. The average Bonchev–Trinajstić information content (AvgIpc) is 3.18. The van der Waals surface area contributed by atoms with Gasteiger partial charge in [-0.3, -0.25) is 9.69 Å². The fourth-order valence-corrected chi connectivity index (χ4v) is 3.91. The van der Waals surface area contributed by atoms with Crippen molar-refractivity contribution in [3.8, 4) is 0 Å². The summed E-state index contributed by atoms with van der Waals surface area (Å²) in [7, 11) is 0. The zero-order chi connectivity index (χ0) is 17.2. The summed E-state index contributed by atoms with van der Waals surface area (Å²) in [5, 5.41) is 3.72. The van der Waals surface area contributed by atoms with Gasteiger partial charge in [0.15, 0.2) is 5.16 Å². The van der Waals surface area contributed by atoms with Gasteiger partial charge in [-0.1, -0.05) is 11.8 Å². The Balaban J connectivity index is 1.30. The van der Waals surface area contributed by atoms with Crippen molar-refractivity contribution in [2.24, 2.45) is 0 Å². The quantitative estimate of drug-likeness (QED) is 0.617. The van der Waals surface area contributed by atoms with Gasteiger partial charge in [-0.2, -0.15) is 0 Å². The van der Waals surface area contributed by atoms with Crippen LogP contribution < -0.4 is 10.2 Å². The van der Waals surface area contributed by atoms with Crippen LogP contribution in [-0.2, 0) is 11.3 Å². The number of nitrogens with one attached hydrogen (secondary N) is 1. The normalized spacial score (nSPS) is 22.5. The van der Waals surface area contributed by atoms with E-state index in [9.17, 15) is 4.79 Å². The van der Waals surface area contributed by atoms with Crippen molar-refractivity contribution >= 4 is 23.5 Å². The maximum atomic E-state index is 12.2. The van der Waals surface area contributed by atoms with Crippen LogP contribution in [0.2, 0.25) is 0 Å². The number of fused-ring (bicyclic) bond motifs is 2. The first-order valence-corrected chi connectivity index (χ1v) is 9.62. The molecule has 0 radical (unpaired) electrons. The largest absolute Gasteiger partial charge is 0.467 e. The fraction of sp³-hybridized carbons (Fsp3) is 0.471. The van der Waals surface area contributed by atoms with E-state index >= 15 is 0 Å². The molecule has 3 aliphatic rings. The number of carbonyl (C=O) groups excluding carboxylic acids is 1. The van der Waals surface area contributed by atoms with Crippen LogP contribution in [0.1, 0.15) is 12.2 Å². The first-order chi connectivity index (χ1) is 12.2. The highest BCUT2D eigenvalue weighted by Crippen LogP contribution is 2.33. The van der Waals surface area contributed by atoms with Crippen LogP contribution in [0.3, 0.4) is 0 Å². The maximum Gasteiger partial charge on any atom is 0.234 e. The molecule has 2 aromatic rings. The molecule has 0 aliphatic carbocycles. The first kappa shape index (κ1) is 16.4. The van der Waals surface area contributed by atoms with Crippen LogP contribution in [0.5, 0.6) is 0 Å². The average molecular weight is 359 g/mol. The summed E-state index contributed by atoms with van der Waals surface area (Å²) < 4.78 is 5.24. The van der Waals surface area contributed by atoms with Crippen LogP contribution in [0, 0.1) is 0 Å². The molecule has 2 atom stereocenters. The van der Waals surface area contributed by atoms with Crippen LogP contribution in [0.4, 0.5) is 5.82 Å². The van der Waals surface area contributed by atoms with Crippen molar-refractivity contribution < 1.29 is 9.21 Å². The van der Waals surface area contributed by atoms with Gasteiger partial charge in [-0.15, -0.1) is 0 Å². The first-order valence-electron chi connectivity index (χ1n) is 8.40. The molecule has 7 nitrogen and oxygen atoms in total. The number of furan rings is 1. The molecule has 3 saturated heterocycles. The highest BCUT2D eigenvalue weighted by Gasteiger charge is 2.45. The van der Waals surface area contributed by atoms with E-state index < -0.39 is 0 Å². The zero-order valence-electron chi connectivity index (χ0n) is 14.1. The molecule has 1 N–H and O–H groups in total. The van der Waals surface area contributed by atoms with E-state index in [0.29, 0.717) is 25.2 Å². The van der Waals surface area contributed by atoms with E-state index in [0.717, 1.165) is 36.2 Å². The lowest BCUT2D eigenvalue weighted by atomic mass is 9.87. The molecular weight excluding hydrogens is 338 g/mol. The molecular formula is C17H21N5O2S. The molecule has 0 aromatic carbocycles. The summed E-state index contributed by atoms with van der Waals surface area (Å²) in [6, 6.07) is 6.49. The van der Waals surface area contributed by atoms with Gasteiger partial charge in [0.05, 0.1) is 19.4 Å². The Hall–Kier alpha value is -2.06. The number of rotatable bonds is 6. The van der Waals surface area contributed by atoms with E-state index in [2.05, 4.69) is 25.1 Å². The van der Waals surface area contributed by atoms with E-state index in [1.807, 2.05) is 30.7 Å². The zero-order valence-corrected chi connectivity index (χ0v) is 14.9. The Kier molecular flexibility index (Phi) is 4.63. The van der Waals surface area contributed by atoms with E-state index in [1.54, 1.807) is 18.0 Å². The van der Waals surface area contributed by atoms with Gasteiger partial charge in [0.25, 0.3) is 0 Å². The van der Waals surface area contributed by atoms with Gasteiger partial charge in [-0.25, -0.2) is 9.97 Å². The predicted molar refractivity (Wildman–Crippen MR) is 95.5 cm³/mol. The fourth-order valence-electron chi connectivity index (χ4n) is 3.56. The van der Waals surface area contributed by atoms with Crippen LogP contribution in [0.15, 0.2) is 40.2 Å². The number of anilines is 1. The summed E-state index contributed by atoms with van der Waals surface area (Å²) in [5.74, 6) is 1.80. The summed E-state index contributed by atoms with van der Waals surface area (Å²) in [6.07, 6.45) is 6.57. The van der Waals surface area contributed by atoms with Crippen molar-refractivity contribution in [2.75, 3.05) is 30.8 Å².